The number of fused-ring (bicyclic) bond motifs is 5. The van der Waals surface area contributed by atoms with Crippen LogP contribution < -0.4 is 0 Å². The molecule has 10 atom stereocenters. The lowest BCUT2D eigenvalue weighted by Gasteiger charge is -2.63. The zero-order valence-corrected chi connectivity index (χ0v) is 30.7. The SMILES string of the molecule is COC(=O)CC[C@@H](C)[C@H]1CC[C@H]2[C@@H]3[C@H](OCC[Si](C)(C)C)C[C@@H]4C[C@H](OCC[Si](C)(C)C)CC[C@]4(C)[C@H]3CC[C@]12C. The highest BCUT2D eigenvalue weighted by Crippen LogP contribution is 2.69. The first kappa shape index (κ1) is 33.7. The van der Waals surface area contributed by atoms with E-state index in [9.17, 15) is 4.79 Å². The van der Waals surface area contributed by atoms with E-state index in [2.05, 4.69) is 60.1 Å². The van der Waals surface area contributed by atoms with Gasteiger partial charge in [0.2, 0.25) is 0 Å². The third kappa shape index (κ3) is 7.73. The van der Waals surface area contributed by atoms with Crippen molar-refractivity contribution in [1.82, 2.24) is 0 Å². The zero-order chi connectivity index (χ0) is 30.2. The summed E-state index contributed by atoms with van der Waals surface area (Å²) < 4.78 is 18.6. The summed E-state index contributed by atoms with van der Waals surface area (Å²) in [5, 5.41) is 0. The molecule has 0 N–H and O–H groups in total. The van der Waals surface area contributed by atoms with Gasteiger partial charge in [0.05, 0.1) is 19.3 Å². The maximum atomic E-state index is 11.9. The van der Waals surface area contributed by atoms with Crippen LogP contribution in [-0.4, -0.2) is 54.6 Å². The molecule has 0 aromatic rings. The van der Waals surface area contributed by atoms with E-state index in [1.807, 2.05) is 0 Å². The van der Waals surface area contributed by atoms with Gasteiger partial charge in [0.1, 0.15) is 0 Å². The Bertz CT molecular complexity index is 880. The van der Waals surface area contributed by atoms with Gasteiger partial charge in [-0.15, -0.1) is 0 Å². The third-order valence-corrected chi connectivity index (χ3v) is 16.2. The highest BCUT2D eigenvalue weighted by Gasteiger charge is 2.63. The van der Waals surface area contributed by atoms with Crippen LogP contribution in [0.3, 0.4) is 0 Å². The first-order valence-electron chi connectivity index (χ1n) is 17.4. The molecule has 6 heteroatoms. The second kappa shape index (κ2) is 13.0. The summed E-state index contributed by atoms with van der Waals surface area (Å²) in [6.07, 6.45) is 12.8. The number of esters is 1. The number of rotatable bonds is 12. The molecule has 4 aliphatic rings. The molecular weight excluding hydrogens is 541 g/mol. The summed E-state index contributed by atoms with van der Waals surface area (Å²) in [6, 6.07) is 2.54. The minimum Gasteiger partial charge on any atom is -0.469 e. The fourth-order valence-electron chi connectivity index (χ4n) is 10.2. The van der Waals surface area contributed by atoms with E-state index >= 15 is 0 Å². The first-order chi connectivity index (χ1) is 19.1. The second-order valence-corrected chi connectivity index (χ2v) is 29.1. The van der Waals surface area contributed by atoms with Crippen LogP contribution in [0.15, 0.2) is 0 Å². The highest BCUT2D eigenvalue weighted by molar-refractivity contribution is 6.76. The van der Waals surface area contributed by atoms with E-state index in [1.54, 1.807) is 0 Å². The zero-order valence-electron chi connectivity index (χ0n) is 28.7. The van der Waals surface area contributed by atoms with E-state index in [4.69, 9.17) is 14.2 Å². The largest absolute Gasteiger partial charge is 0.469 e. The van der Waals surface area contributed by atoms with Gasteiger partial charge in [-0.3, -0.25) is 4.79 Å². The van der Waals surface area contributed by atoms with E-state index in [0.717, 1.165) is 37.4 Å². The minimum atomic E-state index is -1.14. The van der Waals surface area contributed by atoms with Gasteiger partial charge in [0.15, 0.2) is 0 Å². The Morgan fingerprint density at radius 3 is 2.07 bits per heavy atom. The normalized spacial score (nSPS) is 39.9. The summed E-state index contributed by atoms with van der Waals surface area (Å²) in [4.78, 5) is 11.9. The average Bonchev–Trinajstić information content (AvgIpc) is 3.23. The van der Waals surface area contributed by atoms with Gasteiger partial charge >= 0.3 is 5.97 Å². The van der Waals surface area contributed by atoms with Crippen LogP contribution in [0, 0.1) is 46.3 Å². The lowest BCUT2D eigenvalue weighted by atomic mass is 9.43. The van der Waals surface area contributed by atoms with Gasteiger partial charge in [-0.05, 0) is 116 Å². The molecular formula is C35H66O4Si2. The smallest absolute Gasteiger partial charge is 0.305 e. The Morgan fingerprint density at radius 2 is 1.44 bits per heavy atom. The molecule has 0 aliphatic heterocycles. The van der Waals surface area contributed by atoms with E-state index in [-0.39, 0.29) is 5.97 Å². The molecule has 0 heterocycles. The van der Waals surface area contributed by atoms with Crippen molar-refractivity contribution in [1.29, 1.82) is 0 Å². The number of hydrogen-bond acceptors (Lipinski definition) is 4. The third-order valence-electron chi connectivity index (χ3n) is 12.8. The van der Waals surface area contributed by atoms with Gasteiger partial charge in [-0.2, -0.15) is 0 Å². The fraction of sp³-hybridized carbons (Fsp3) is 0.971. The average molecular weight is 607 g/mol. The lowest BCUT2D eigenvalue weighted by molar-refractivity contribution is -0.190. The molecule has 41 heavy (non-hydrogen) atoms. The Kier molecular flexibility index (Phi) is 10.7. The molecule has 0 spiro atoms. The molecule has 4 fully saturated rings. The number of ether oxygens (including phenoxy) is 3. The van der Waals surface area contributed by atoms with Crippen LogP contribution in [0.4, 0.5) is 0 Å². The van der Waals surface area contributed by atoms with Gasteiger partial charge in [0.25, 0.3) is 0 Å². The monoisotopic (exact) mass is 606 g/mol. The van der Waals surface area contributed by atoms with E-state index < -0.39 is 16.1 Å². The second-order valence-electron chi connectivity index (χ2n) is 17.8. The summed E-state index contributed by atoms with van der Waals surface area (Å²) in [7, 11) is -0.690. The number of carbonyl (C=O) groups excluding carboxylic acids is 1. The summed E-state index contributed by atoms with van der Waals surface area (Å²) >= 11 is 0. The van der Waals surface area contributed by atoms with Crippen molar-refractivity contribution in [3.63, 3.8) is 0 Å². The summed E-state index contributed by atoms with van der Waals surface area (Å²) in [5.41, 5.74) is 0.801. The summed E-state index contributed by atoms with van der Waals surface area (Å²) in [6.45, 7) is 24.5. The highest BCUT2D eigenvalue weighted by atomic mass is 28.3. The molecule has 0 radical (unpaired) electrons. The predicted octanol–water partition coefficient (Wildman–Crippen LogP) is 9.29. The number of hydrogen-bond donors (Lipinski definition) is 0. The fourth-order valence-corrected chi connectivity index (χ4v) is 11.6. The lowest BCUT2D eigenvalue weighted by Crippen LogP contribution is -2.59. The molecule has 0 aromatic carbocycles. The number of carbonyl (C=O) groups is 1. The molecule has 0 unspecified atom stereocenters. The maximum Gasteiger partial charge on any atom is 0.305 e. The van der Waals surface area contributed by atoms with Crippen LogP contribution in [0.25, 0.3) is 0 Å². The molecule has 4 nitrogen and oxygen atoms in total. The topological polar surface area (TPSA) is 44.8 Å². The Balaban J connectivity index is 1.52. The van der Waals surface area contributed by atoms with Gasteiger partial charge in [-0.25, -0.2) is 0 Å². The van der Waals surface area contributed by atoms with Crippen molar-refractivity contribution >= 4 is 22.1 Å². The van der Waals surface area contributed by atoms with Crippen LogP contribution in [0.1, 0.15) is 85.0 Å². The Morgan fingerprint density at radius 1 is 0.829 bits per heavy atom. The molecule has 4 saturated carbocycles. The van der Waals surface area contributed by atoms with Crippen LogP contribution in [0.2, 0.25) is 51.4 Å². The molecule has 4 aliphatic carbocycles. The van der Waals surface area contributed by atoms with Gasteiger partial charge in [-0.1, -0.05) is 60.1 Å². The standard InChI is InChI=1S/C35H66O4Si2/c1-25(11-14-32(36)37-4)28-12-13-29-33-30(16-18-35(28,29)3)34(2)17-15-27(38-19-21-40(5,6)7)23-26(34)24-31(33)39-20-22-41(8,9)10/h25-31,33H,11-24H2,1-10H3/t25-,26+,27-,28-,29+,30+,31-,33+,34+,35-/m1/s1. The van der Waals surface area contributed by atoms with Crippen LogP contribution >= 0.6 is 0 Å². The van der Waals surface area contributed by atoms with Gasteiger partial charge in [0, 0.05) is 35.8 Å². The summed E-state index contributed by atoms with van der Waals surface area (Å²) in [5.74, 6) is 4.19. The molecule has 0 amide bonds. The Labute approximate surface area is 255 Å². The van der Waals surface area contributed by atoms with Crippen molar-refractivity contribution in [2.75, 3.05) is 20.3 Å². The first-order valence-corrected chi connectivity index (χ1v) is 24.8. The maximum absolute atomic E-state index is 11.9. The predicted molar refractivity (Wildman–Crippen MR) is 177 cm³/mol. The molecule has 0 saturated heterocycles. The van der Waals surface area contributed by atoms with Gasteiger partial charge < -0.3 is 14.2 Å². The van der Waals surface area contributed by atoms with E-state index in [1.165, 1.54) is 70.6 Å². The molecule has 238 valence electrons. The van der Waals surface area contributed by atoms with Crippen LogP contribution in [0.5, 0.6) is 0 Å². The van der Waals surface area contributed by atoms with Crippen molar-refractivity contribution < 1.29 is 19.0 Å². The molecule has 0 bridgehead atoms. The molecule has 4 rings (SSSR count). The van der Waals surface area contributed by atoms with Crippen molar-refractivity contribution in [3.05, 3.63) is 0 Å². The quantitative estimate of drug-likeness (QED) is 0.164. The number of methoxy groups -OCH3 is 1. The van der Waals surface area contributed by atoms with Crippen molar-refractivity contribution in [2.45, 2.75) is 149 Å². The van der Waals surface area contributed by atoms with E-state index in [0.29, 0.717) is 47.2 Å². The Hall–Kier alpha value is -0.176. The van der Waals surface area contributed by atoms with Crippen LogP contribution in [-0.2, 0) is 19.0 Å². The van der Waals surface area contributed by atoms with Crippen molar-refractivity contribution in [2.24, 2.45) is 46.3 Å². The minimum absolute atomic E-state index is 0.0533. The molecule has 0 aromatic heterocycles. The van der Waals surface area contributed by atoms with Crippen molar-refractivity contribution in [3.8, 4) is 0 Å².